The molecule has 0 aliphatic heterocycles. The Kier molecular flexibility index (Phi) is 3.97. The van der Waals surface area contributed by atoms with E-state index in [1.807, 2.05) is 11.4 Å². The maximum atomic E-state index is 12.8. The summed E-state index contributed by atoms with van der Waals surface area (Å²) in [4.78, 5) is 24.0. The Morgan fingerprint density at radius 2 is 2.05 bits per heavy atom. The molecule has 5 nitrogen and oxygen atoms in total. The zero-order chi connectivity index (χ0) is 15.5. The van der Waals surface area contributed by atoms with Gasteiger partial charge in [-0.1, -0.05) is 12.1 Å². The summed E-state index contributed by atoms with van der Waals surface area (Å²) in [5.74, 6) is -0.648. The van der Waals surface area contributed by atoms with E-state index in [-0.39, 0.29) is 30.4 Å². The molecule has 1 aromatic carbocycles. The van der Waals surface area contributed by atoms with Crippen molar-refractivity contribution in [2.45, 2.75) is 13.1 Å². The van der Waals surface area contributed by atoms with Crippen LogP contribution in [0.15, 0.2) is 46.7 Å². The van der Waals surface area contributed by atoms with Crippen molar-refractivity contribution >= 4 is 27.3 Å². The van der Waals surface area contributed by atoms with Gasteiger partial charge in [-0.05, 0) is 29.1 Å². The van der Waals surface area contributed by atoms with Gasteiger partial charge in [0.25, 0.3) is 5.56 Å². The number of carbonyl (C=O) groups is 1. The van der Waals surface area contributed by atoms with E-state index in [1.165, 1.54) is 23.5 Å². The zero-order valence-corrected chi connectivity index (χ0v) is 12.3. The van der Waals surface area contributed by atoms with E-state index in [2.05, 4.69) is 10.4 Å². The molecule has 3 rings (SSSR count). The van der Waals surface area contributed by atoms with Gasteiger partial charge in [0.1, 0.15) is 17.1 Å². The lowest BCUT2D eigenvalue weighted by atomic mass is 10.2. The van der Waals surface area contributed by atoms with Crippen LogP contribution in [0.2, 0.25) is 0 Å². The summed E-state index contributed by atoms with van der Waals surface area (Å²) < 4.78 is 14.5. The first-order valence-corrected chi connectivity index (χ1v) is 7.46. The normalized spacial score (nSPS) is 10.8. The molecule has 2 heterocycles. The second-order valence-electron chi connectivity index (χ2n) is 4.72. The topological polar surface area (TPSA) is 64.0 Å². The number of nitrogens with zero attached hydrogens (tertiary/aromatic N) is 2. The van der Waals surface area contributed by atoms with E-state index in [0.717, 1.165) is 15.6 Å². The van der Waals surface area contributed by atoms with Crippen molar-refractivity contribution in [1.29, 1.82) is 0 Å². The fraction of sp³-hybridized carbons (Fsp3) is 0.133. The minimum Gasteiger partial charge on any atom is -0.350 e. The Labute approximate surface area is 129 Å². The highest BCUT2D eigenvalue weighted by Crippen LogP contribution is 2.14. The number of carbonyl (C=O) groups excluding carboxylic acids is 1. The van der Waals surface area contributed by atoms with Crippen LogP contribution in [-0.4, -0.2) is 15.7 Å². The number of benzene rings is 1. The van der Waals surface area contributed by atoms with Crippen LogP contribution in [0.3, 0.4) is 0 Å². The van der Waals surface area contributed by atoms with Crippen LogP contribution in [0.1, 0.15) is 5.56 Å². The minimum atomic E-state index is -0.324. The molecule has 2 aromatic heterocycles. The molecule has 1 N–H and O–H groups in total. The van der Waals surface area contributed by atoms with E-state index in [0.29, 0.717) is 4.70 Å². The predicted octanol–water partition coefficient (Wildman–Crippen LogP) is 1.91. The number of amides is 1. The second kappa shape index (κ2) is 6.07. The van der Waals surface area contributed by atoms with Gasteiger partial charge in [0.05, 0.1) is 6.20 Å². The summed E-state index contributed by atoms with van der Waals surface area (Å²) in [6.45, 7) is 0.128. The van der Waals surface area contributed by atoms with Gasteiger partial charge in [-0.15, -0.1) is 11.3 Å². The molecule has 112 valence electrons. The average Bonchev–Trinajstić information content (AvgIpc) is 2.99. The number of thiophene rings is 1. The molecule has 0 spiro atoms. The van der Waals surface area contributed by atoms with Gasteiger partial charge in [0.2, 0.25) is 5.91 Å². The first-order valence-electron chi connectivity index (χ1n) is 6.58. The van der Waals surface area contributed by atoms with Crippen molar-refractivity contribution in [1.82, 2.24) is 15.1 Å². The Morgan fingerprint density at radius 1 is 1.27 bits per heavy atom. The molecule has 1 amide bonds. The third-order valence-corrected chi connectivity index (χ3v) is 4.08. The third kappa shape index (κ3) is 3.04. The van der Waals surface area contributed by atoms with Gasteiger partial charge >= 0.3 is 0 Å². The molecule has 0 aliphatic carbocycles. The number of hydrogen-bond acceptors (Lipinski definition) is 4. The minimum absolute atomic E-state index is 0.145. The van der Waals surface area contributed by atoms with Crippen molar-refractivity contribution in [3.63, 3.8) is 0 Å². The lowest BCUT2D eigenvalue weighted by Gasteiger charge is -2.06. The summed E-state index contributed by atoms with van der Waals surface area (Å²) in [5.41, 5.74) is 0.508. The fourth-order valence-electron chi connectivity index (χ4n) is 2.00. The molecule has 0 saturated carbocycles. The predicted molar refractivity (Wildman–Crippen MR) is 82.1 cm³/mol. The standard InChI is InChI=1S/C15H12FN3O2S/c16-12-3-1-10(2-4-12)7-17-13(20)9-19-15(21)14-11(8-18-19)5-6-22-14/h1-6,8H,7,9H2,(H,17,20). The summed E-state index contributed by atoms with van der Waals surface area (Å²) in [7, 11) is 0. The summed E-state index contributed by atoms with van der Waals surface area (Å²) in [6.07, 6.45) is 1.57. The number of aromatic nitrogens is 2. The molecule has 0 fully saturated rings. The van der Waals surface area contributed by atoms with Crippen molar-refractivity contribution in [2.75, 3.05) is 0 Å². The lowest BCUT2D eigenvalue weighted by molar-refractivity contribution is -0.122. The molecule has 3 aromatic rings. The molecule has 0 bridgehead atoms. The Hall–Kier alpha value is -2.54. The van der Waals surface area contributed by atoms with Crippen LogP contribution in [0.4, 0.5) is 4.39 Å². The number of hydrogen-bond donors (Lipinski definition) is 1. The molecule has 7 heteroatoms. The molecule has 0 atom stereocenters. The molecular weight excluding hydrogens is 305 g/mol. The number of nitrogens with one attached hydrogen (secondary N) is 1. The SMILES string of the molecule is O=C(Cn1ncc2ccsc2c1=O)NCc1ccc(F)cc1. The van der Waals surface area contributed by atoms with Gasteiger partial charge < -0.3 is 5.32 Å². The quantitative estimate of drug-likeness (QED) is 0.799. The van der Waals surface area contributed by atoms with E-state index >= 15 is 0 Å². The van der Waals surface area contributed by atoms with Crippen LogP contribution in [0.5, 0.6) is 0 Å². The zero-order valence-electron chi connectivity index (χ0n) is 11.5. The lowest BCUT2D eigenvalue weighted by Crippen LogP contribution is -2.33. The molecule has 0 radical (unpaired) electrons. The first kappa shape index (κ1) is 14.4. The van der Waals surface area contributed by atoms with Gasteiger partial charge in [-0.3, -0.25) is 9.59 Å². The Balaban J connectivity index is 1.66. The maximum Gasteiger partial charge on any atom is 0.285 e. The molecule has 0 saturated heterocycles. The second-order valence-corrected chi connectivity index (χ2v) is 5.63. The molecule has 0 unspecified atom stereocenters. The molecular formula is C15H12FN3O2S. The Bertz CT molecular complexity index is 870. The van der Waals surface area contributed by atoms with Crippen molar-refractivity contribution in [2.24, 2.45) is 0 Å². The summed E-state index contributed by atoms with van der Waals surface area (Å²) in [6, 6.07) is 7.67. The van der Waals surface area contributed by atoms with Crippen LogP contribution in [0, 0.1) is 5.82 Å². The van der Waals surface area contributed by atoms with Crippen molar-refractivity contribution < 1.29 is 9.18 Å². The summed E-state index contributed by atoms with van der Waals surface area (Å²) >= 11 is 1.33. The first-order chi connectivity index (χ1) is 10.6. The largest absolute Gasteiger partial charge is 0.350 e. The number of halogens is 1. The van der Waals surface area contributed by atoms with Gasteiger partial charge in [-0.25, -0.2) is 9.07 Å². The van der Waals surface area contributed by atoms with Gasteiger partial charge in [-0.2, -0.15) is 5.10 Å². The molecule has 22 heavy (non-hydrogen) atoms. The van der Waals surface area contributed by atoms with Crippen molar-refractivity contribution in [3.8, 4) is 0 Å². The maximum absolute atomic E-state index is 12.8. The van der Waals surface area contributed by atoms with Crippen molar-refractivity contribution in [3.05, 3.63) is 63.6 Å². The number of rotatable bonds is 4. The Morgan fingerprint density at radius 3 is 2.82 bits per heavy atom. The highest BCUT2D eigenvalue weighted by molar-refractivity contribution is 7.17. The monoisotopic (exact) mass is 317 g/mol. The van der Waals surface area contributed by atoms with Gasteiger partial charge in [0, 0.05) is 11.9 Å². The van der Waals surface area contributed by atoms with Crippen LogP contribution >= 0.6 is 11.3 Å². The summed E-state index contributed by atoms with van der Waals surface area (Å²) in [5, 5.41) is 9.25. The van der Waals surface area contributed by atoms with Crippen LogP contribution < -0.4 is 10.9 Å². The van der Waals surface area contributed by atoms with E-state index in [4.69, 9.17) is 0 Å². The fourth-order valence-corrected chi connectivity index (χ4v) is 2.82. The smallest absolute Gasteiger partial charge is 0.285 e. The van der Waals surface area contributed by atoms with E-state index in [9.17, 15) is 14.0 Å². The van der Waals surface area contributed by atoms with Crippen LogP contribution in [0.25, 0.3) is 10.1 Å². The van der Waals surface area contributed by atoms with E-state index < -0.39 is 0 Å². The third-order valence-electron chi connectivity index (χ3n) is 3.16. The highest BCUT2D eigenvalue weighted by atomic mass is 32.1. The number of fused-ring (bicyclic) bond motifs is 1. The highest BCUT2D eigenvalue weighted by Gasteiger charge is 2.09. The van der Waals surface area contributed by atoms with E-state index in [1.54, 1.807) is 18.3 Å². The molecule has 0 aliphatic rings. The average molecular weight is 317 g/mol. The van der Waals surface area contributed by atoms with Crippen LogP contribution in [-0.2, 0) is 17.9 Å². The van der Waals surface area contributed by atoms with Gasteiger partial charge in [0.15, 0.2) is 0 Å².